The predicted molar refractivity (Wildman–Crippen MR) is 80.7 cm³/mol. The summed E-state index contributed by atoms with van der Waals surface area (Å²) < 4.78 is 19.5. The third-order valence-electron chi connectivity index (χ3n) is 4.00. The van der Waals surface area contributed by atoms with Gasteiger partial charge in [-0.05, 0) is 49.4 Å². The van der Waals surface area contributed by atoms with Crippen LogP contribution in [0.4, 0.5) is 4.39 Å². The molecule has 0 aromatic heterocycles. The van der Waals surface area contributed by atoms with Crippen molar-refractivity contribution >= 4 is 11.6 Å². The number of benzene rings is 1. The lowest BCUT2D eigenvalue weighted by Gasteiger charge is -2.28. The van der Waals surface area contributed by atoms with E-state index in [0.717, 1.165) is 31.6 Å². The van der Waals surface area contributed by atoms with Gasteiger partial charge in [0.25, 0.3) is 0 Å². The second-order valence-electron chi connectivity index (χ2n) is 5.66. The van der Waals surface area contributed by atoms with Crippen LogP contribution in [-0.4, -0.2) is 19.3 Å². The maximum absolute atomic E-state index is 13.6. The lowest BCUT2D eigenvalue weighted by atomic mass is 9.91. The van der Waals surface area contributed by atoms with E-state index in [1.807, 2.05) is 6.07 Å². The molecule has 4 heteroatoms. The van der Waals surface area contributed by atoms with Gasteiger partial charge in [-0.3, -0.25) is 0 Å². The molecule has 3 atom stereocenters. The van der Waals surface area contributed by atoms with Crippen molar-refractivity contribution in [3.05, 3.63) is 34.1 Å². The first kappa shape index (κ1) is 15.7. The van der Waals surface area contributed by atoms with E-state index < -0.39 is 0 Å². The highest BCUT2D eigenvalue weighted by molar-refractivity contribution is 6.31. The maximum Gasteiger partial charge on any atom is 0.127 e. The van der Waals surface area contributed by atoms with Gasteiger partial charge in [-0.1, -0.05) is 31.5 Å². The molecule has 2 nitrogen and oxygen atoms in total. The van der Waals surface area contributed by atoms with Crippen LogP contribution in [0.15, 0.2) is 12.1 Å². The van der Waals surface area contributed by atoms with Crippen LogP contribution in [0, 0.1) is 18.7 Å². The first-order valence-electron chi connectivity index (χ1n) is 7.35. The topological polar surface area (TPSA) is 21.3 Å². The SMILES string of the molecule is CCCNC(c1cc(C)c(F)cc1Cl)C1OCCC1C. The molecule has 1 heterocycles. The number of rotatable bonds is 5. The van der Waals surface area contributed by atoms with Crippen molar-refractivity contribution in [1.82, 2.24) is 5.32 Å². The number of ether oxygens (including phenoxy) is 1. The number of hydrogen-bond acceptors (Lipinski definition) is 2. The van der Waals surface area contributed by atoms with Crippen molar-refractivity contribution in [3.63, 3.8) is 0 Å². The monoisotopic (exact) mass is 299 g/mol. The second kappa shape index (κ2) is 6.88. The minimum absolute atomic E-state index is 0.0271. The second-order valence-corrected chi connectivity index (χ2v) is 6.06. The van der Waals surface area contributed by atoms with Crippen molar-refractivity contribution in [2.45, 2.75) is 45.8 Å². The van der Waals surface area contributed by atoms with Crippen LogP contribution in [0.3, 0.4) is 0 Å². The Morgan fingerprint density at radius 3 is 2.85 bits per heavy atom. The Morgan fingerprint density at radius 1 is 1.50 bits per heavy atom. The fourth-order valence-electron chi connectivity index (χ4n) is 2.76. The number of aryl methyl sites for hydroxylation is 1. The quantitative estimate of drug-likeness (QED) is 0.877. The largest absolute Gasteiger partial charge is 0.376 e. The van der Waals surface area contributed by atoms with Gasteiger partial charge in [-0.15, -0.1) is 0 Å². The maximum atomic E-state index is 13.6. The van der Waals surface area contributed by atoms with E-state index in [1.165, 1.54) is 6.07 Å². The van der Waals surface area contributed by atoms with Crippen molar-refractivity contribution in [1.29, 1.82) is 0 Å². The van der Waals surface area contributed by atoms with Crippen molar-refractivity contribution in [2.75, 3.05) is 13.2 Å². The molecule has 1 aromatic rings. The minimum Gasteiger partial charge on any atom is -0.376 e. The van der Waals surface area contributed by atoms with Gasteiger partial charge in [-0.2, -0.15) is 0 Å². The fourth-order valence-corrected chi connectivity index (χ4v) is 3.03. The molecule has 0 radical (unpaired) electrons. The van der Waals surface area contributed by atoms with E-state index in [2.05, 4.69) is 19.2 Å². The molecular weight excluding hydrogens is 277 g/mol. The molecule has 1 aliphatic rings. The minimum atomic E-state index is -0.256. The van der Waals surface area contributed by atoms with Gasteiger partial charge in [0.2, 0.25) is 0 Å². The Kier molecular flexibility index (Phi) is 5.42. The molecule has 0 amide bonds. The van der Waals surface area contributed by atoms with E-state index in [0.29, 0.717) is 16.5 Å². The molecule has 0 spiro atoms. The van der Waals surface area contributed by atoms with Crippen LogP contribution in [0.25, 0.3) is 0 Å². The zero-order valence-corrected chi connectivity index (χ0v) is 13.1. The Bertz CT molecular complexity index is 466. The summed E-state index contributed by atoms with van der Waals surface area (Å²) in [5, 5.41) is 3.99. The summed E-state index contributed by atoms with van der Waals surface area (Å²) >= 11 is 6.27. The van der Waals surface area contributed by atoms with Gasteiger partial charge < -0.3 is 10.1 Å². The number of halogens is 2. The van der Waals surface area contributed by atoms with Gasteiger partial charge in [0, 0.05) is 11.6 Å². The average Bonchev–Trinajstić information content (AvgIpc) is 2.82. The summed E-state index contributed by atoms with van der Waals surface area (Å²) in [4.78, 5) is 0. The highest BCUT2D eigenvalue weighted by Crippen LogP contribution is 2.35. The van der Waals surface area contributed by atoms with Crippen LogP contribution < -0.4 is 5.32 Å². The molecule has 3 unspecified atom stereocenters. The molecule has 112 valence electrons. The molecule has 1 aliphatic heterocycles. The predicted octanol–water partition coefficient (Wildman–Crippen LogP) is 4.25. The van der Waals surface area contributed by atoms with Gasteiger partial charge in [0.15, 0.2) is 0 Å². The molecule has 1 saturated heterocycles. The zero-order valence-electron chi connectivity index (χ0n) is 12.4. The van der Waals surface area contributed by atoms with Gasteiger partial charge in [0.1, 0.15) is 5.82 Å². The number of hydrogen-bond donors (Lipinski definition) is 1. The summed E-state index contributed by atoms with van der Waals surface area (Å²) in [5.74, 6) is 0.221. The highest BCUT2D eigenvalue weighted by atomic mass is 35.5. The molecule has 1 N–H and O–H groups in total. The lowest BCUT2D eigenvalue weighted by Crippen LogP contribution is -2.35. The first-order chi connectivity index (χ1) is 9.54. The first-order valence-corrected chi connectivity index (χ1v) is 7.73. The molecular formula is C16H23ClFNO. The van der Waals surface area contributed by atoms with E-state index >= 15 is 0 Å². The van der Waals surface area contributed by atoms with Crippen molar-refractivity contribution < 1.29 is 9.13 Å². The Hall–Kier alpha value is -0.640. The fraction of sp³-hybridized carbons (Fsp3) is 0.625. The van der Waals surface area contributed by atoms with Gasteiger partial charge >= 0.3 is 0 Å². The third kappa shape index (κ3) is 3.33. The molecule has 20 heavy (non-hydrogen) atoms. The van der Waals surface area contributed by atoms with Crippen molar-refractivity contribution in [2.24, 2.45) is 5.92 Å². The van der Waals surface area contributed by atoms with E-state index in [-0.39, 0.29) is 18.0 Å². The van der Waals surface area contributed by atoms with Crippen LogP contribution in [-0.2, 0) is 4.74 Å². The zero-order chi connectivity index (χ0) is 14.7. The molecule has 0 saturated carbocycles. The van der Waals surface area contributed by atoms with E-state index in [4.69, 9.17) is 16.3 Å². The molecule has 2 rings (SSSR count). The Morgan fingerprint density at radius 2 is 2.25 bits per heavy atom. The molecule has 1 aromatic carbocycles. The normalized spacial score (nSPS) is 24.1. The Labute approximate surface area is 125 Å². The summed E-state index contributed by atoms with van der Waals surface area (Å²) in [5.41, 5.74) is 1.57. The van der Waals surface area contributed by atoms with Crippen LogP contribution in [0.2, 0.25) is 5.02 Å². The summed E-state index contributed by atoms with van der Waals surface area (Å²) in [7, 11) is 0. The summed E-state index contributed by atoms with van der Waals surface area (Å²) in [6, 6.07) is 3.28. The van der Waals surface area contributed by atoms with Crippen LogP contribution in [0.1, 0.15) is 43.9 Å². The van der Waals surface area contributed by atoms with Gasteiger partial charge in [-0.25, -0.2) is 4.39 Å². The summed E-state index contributed by atoms with van der Waals surface area (Å²) in [6.45, 7) is 7.77. The molecule has 0 bridgehead atoms. The Balaban J connectivity index is 2.32. The number of nitrogens with one attached hydrogen (secondary N) is 1. The average molecular weight is 300 g/mol. The molecule has 0 aliphatic carbocycles. The lowest BCUT2D eigenvalue weighted by molar-refractivity contribution is 0.0607. The molecule has 1 fully saturated rings. The third-order valence-corrected chi connectivity index (χ3v) is 4.33. The van der Waals surface area contributed by atoms with Crippen LogP contribution >= 0.6 is 11.6 Å². The van der Waals surface area contributed by atoms with E-state index in [9.17, 15) is 4.39 Å². The summed E-state index contributed by atoms with van der Waals surface area (Å²) in [6.07, 6.45) is 2.20. The highest BCUT2D eigenvalue weighted by Gasteiger charge is 2.34. The van der Waals surface area contributed by atoms with Crippen LogP contribution in [0.5, 0.6) is 0 Å². The van der Waals surface area contributed by atoms with Crippen molar-refractivity contribution in [3.8, 4) is 0 Å². The van der Waals surface area contributed by atoms with E-state index in [1.54, 1.807) is 6.92 Å². The van der Waals surface area contributed by atoms with Gasteiger partial charge in [0.05, 0.1) is 12.1 Å². The standard InChI is InChI=1S/C16H23ClFNO/c1-4-6-19-15(16-10(2)5-7-20-16)12-8-11(3)14(18)9-13(12)17/h8-10,15-16,19H,4-7H2,1-3H3. The smallest absolute Gasteiger partial charge is 0.127 e.